The van der Waals surface area contributed by atoms with Gasteiger partial charge in [0.05, 0.1) is 0 Å². The summed E-state index contributed by atoms with van der Waals surface area (Å²) in [5.41, 5.74) is 9.30. The Hall–Kier alpha value is 0.590. The summed E-state index contributed by atoms with van der Waals surface area (Å²) in [6.07, 6.45) is -0.0425. The first-order valence-corrected chi connectivity index (χ1v) is 3.92. The second kappa shape index (κ2) is 15.6. The fourth-order valence-corrected chi connectivity index (χ4v) is 0.428. The van der Waals surface area contributed by atoms with Gasteiger partial charge in [0.25, 0.3) is 10.3 Å². The summed E-state index contributed by atoms with van der Waals surface area (Å²) >= 11 is 8.17. The molecular formula is C6H12N2Na2O4S2. The van der Waals surface area contributed by atoms with Crippen molar-refractivity contribution in [3.8, 4) is 0 Å². The number of carboxylic acid groups (broad SMARTS) is 1. The van der Waals surface area contributed by atoms with Gasteiger partial charge in [0.2, 0.25) is 6.10 Å². The Balaban J connectivity index is -0.000000105. The van der Waals surface area contributed by atoms with Gasteiger partial charge in [-0.3, -0.25) is 0 Å². The summed E-state index contributed by atoms with van der Waals surface area (Å²) in [4.78, 5) is 10.2. The predicted molar refractivity (Wildman–Crippen MR) is 73.2 cm³/mol. The van der Waals surface area contributed by atoms with Crippen molar-refractivity contribution in [2.45, 2.75) is 6.10 Å². The van der Waals surface area contributed by atoms with Crippen LogP contribution in [0.15, 0.2) is 12.7 Å². The average molecular weight is 286 g/mol. The van der Waals surface area contributed by atoms with Crippen LogP contribution in [0.4, 0.5) is 0 Å². The number of aliphatic carboxylic acids is 1. The molecule has 6 nitrogen and oxygen atoms in total. The first-order chi connectivity index (χ1) is 6.31. The molecule has 0 amide bonds. The van der Waals surface area contributed by atoms with E-state index in [-0.39, 0.29) is 64.3 Å². The fourth-order valence-electron chi connectivity index (χ4n) is 0.324. The van der Waals surface area contributed by atoms with Crippen molar-refractivity contribution in [2.75, 3.05) is 0 Å². The van der Waals surface area contributed by atoms with Gasteiger partial charge < -0.3 is 26.4 Å². The van der Waals surface area contributed by atoms with Crippen LogP contribution in [0.1, 0.15) is 0 Å². The zero-order valence-corrected chi connectivity index (χ0v) is 8.68. The first kappa shape index (κ1) is 25.4. The maximum absolute atomic E-state index is 10.2. The molecule has 0 aromatic carbocycles. The quantitative estimate of drug-likeness (QED) is 0.278. The molecule has 10 heteroatoms. The topological polar surface area (TPSA) is 119 Å². The Morgan fingerprint density at radius 3 is 1.69 bits per heavy atom. The van der Waals surface area contributed by atoms with Gasteiger partial charge in [-0.25, -0.2) is 4.79 Å². The van der Waals surface area contributed by atoms with Gasteiger partial charge in [0, 0.05) is 0 Å². The van der Waals surface area contributed by atoms with E-state index in [1.165, 1.54) is 0 Å². The van der Waals surface area contributed by atoms with Crippen LogP contribution in [0, 0.1) is 0 Å². The van der Waals surface area contributed by atoms with E-state index in [2.05, 4.69) is 41.5 Å². The summed E-state index contributed by atoms with van der Waals surface area (Å²) in [5.74, 6) is -1.16. The number of hydrogen-bond acceptors (Lipinski definition) is 4. The number of hydrogen-bond donors (Lipinski definition) is 4. The van der Waals surface area contributed by atoms with Gasteiger partial charge in [-0.05, 0) is 30.5 Å². The molecule has 0 heterocycles. The normalized spacial score (nSPS) is 8.75. The van der Waals surface area contributed by atoms with E-state index in [0.717, 1.165) is 6.08 Å². The molecule has 0 aliphatic heterocycles. The minimum absolute atomic E-state index is 0. The number of thiocarbonyl (C=S) groups is 2. The van der Waals surface area contributed by atoms with E-state index in [4.69, 9.17) is 15.9 Å². The van der Waals surface area contributed by atoms with Crippen LogP contribution in [-0.2, 0) is 9.53 Å². The van der Waals surface area contributed by atoms with Crippen LogP contribution in [0.5, 0.6) is 0 Å². The van der Waals surface area contributed by atoms with Crippen molar-refractivity contribution in [1.29, 1.82) is 0 Å². The standard InChI is InChI=1S/C5H7NO3S.CH3NOS.2Na.2H/c1-2-3(4(7)8)9-5(6)10;2-1(3)4;;;;/h2-3H,1H2,(H2,6,10)(H,7,8);(H3,2,3,4);;;;. The molecule has 0 aromatic rings. The van der Waals surface area contributed by atoms with Gasteiger partial charge in [-0.1, -0.05) is 6.58 Å². The molecule has 6 N–H and O–H groups in total. The van der Waals surface area contributed by atoms with Crippen molar-refractivity contribution >= 4 is 99.9 Å². The van der Waals surface area contributed by atoms with E-state index in [1.807, 2.05) is 0 Å². The van der Waals surface area contributed by atoms with Gasteiger partial charge in [0.15, 0.2) is 0 Å². The van der Waals surface area contributed by atoms with E-state index in [0.29, 0.717) is 0 Å². The molecule has 1 atom stereocenters. The second-order valence-electron chi connectivity index (χ2n) is 1.77. The molecule has 0 aliphatic carbocycles. The van der Waals surface area contributed by atoms with Crippen LogP contribution >= 0.6 is 24.4 Å². The maximum atomic E-state index is 10.2. The second-order valence-corrected chi connectivity index (χ2v) is 2.59. The van der Waals surface area contributed by atoms with E-state index >= 15 is 0 Å². The predicted octanol–water partition coefficient (Wildman–Crippen LogP) is -1.62. The van der Waals surface area contributed by atoms with Gasteiger partial charge in [-0.2, -0.15) is 0 Å². The van der Waals surface area contributed by atoms with E-state index in [1.54, 1.807) is 0 Å². The van der Waals surface area contributed by atoms with E-state index in [9.17, 15) is 4.79 Å². The third kappa shape index (κ3) is 24.0. The molecule has 0 radical (unpaired) electrons. The Kier molecular flexibility index (Phi) is 24.8. The third-order valence-electron chi connectivity index (χ3n) is 0.701. The zero-order valence-electron chi connectivity index (χ0n) is 7.04. The number of aliphatic hydroxyl groups is 1. The molecule has 0 spiro atoms. The Bertz CT molecular complexity index is 249. The van der Waals surface area contributed by atoms with Crippen LogP contribution in [0.2, 0.25) is 0 Å². The van der Waals surface area contributed by atoms with Crippen molar-refractivity contribution in [3.63, 3.8) is 0 Å². The van der Waals surface area contributed by atoms with Crippen molar-refractivity contribution in [2.24, 2.45) is 11.5 Å². The molecule has 16 heavy (non-hydrogen) atoms. The molecule has 0 rings (SSSR count). The number of nitrogens with two attached hydrogens (primary N) is 2. The molecule has 0 saturated carbocycles. The SMILES string of the molecule is C=CC(OC(N)=S)C(=O)O.NC(O)=S.[NaH].[NaH]. The van der Waals surface area contributed by atoms with Crippen LogP contribution in [0.25, 0.3) is 0 Å². The van der Waals surface area contributed by atoms with Gasteiger partial charge in [-0.15, -0.1) is 0 Å². The summed E-state index contributed by atoms with van der Waals surface area (Å²) in [6, 6.07) is 0. The molecule has 0 saturated heterocycles. The minimum atomic E-state index is -1.16. The summed E-state index contributed by atoms with van der Waals surface area (Å²) in [5, 5.41) is 15.1. The molecule has 0 bridgehead atoms. The van der Waals surface area contributed by atoms with Crippen molar-refractivity contribution in [3.05, 3.63) is 12.7 Å². The zero-order chi connectivity index (χ0) is 11.7. The number of aliphatic hydroxyl groups excluding tert-OH is 1. The van der Waals surface area contributed by atoms with Crippen LogP contribution in [0.3, 0.4) is 0 Å². The Morgan fingerprint density at radius 2 is 1.62 bits per heavy atom. The Morgan fingerprint density at radius 1 is 1.31 bits per heavy atom. The van der Waals surface area contributed by atoms with Crippen molar-refractivity contribution < 1.29 is 19.7 Å². The molecule has 0 aliphatic rings. The monoisotopic (exact) mass is 286 g/mol. The summed E-state index contributed by atoms with van der Waals surface area (Å²) < 4.78 is 4.45. The summed E-state index contributed by atoms with van der Waals surface area (Å²) in [7, 11) is 0. The third-order valence-corrected chi connectivity index (χ3v) is 0.797. The Labute approximate surface area is 148 Å². The number of rotatable bonds is 3. The first-order valence-electron chi connectivity index (χ1n) is 3.11. The van der Waals surface area contributed by atoms with Gasteiger partial charge >= 0.3 is 65.1 Å². The van der Waals surface area contributed by atoms with Crippen molar-refractivity contribution in [1.82, 2.24) is 0 Å². The molecular weight excluding hydrogens is 274 g/mol. The molecule has 1 unspecified atom stereocenters. The fraction of sp³-hybridized carbons (Fsp3) is 0.167. The average Bonchev–Trinajstić information content (AvgIpc) is 1.98. The molecule has 0 fully saturated rings. The molecule has 0 aromatic heterocycles. The summed E-state index contributed by atoms with van der Waals surface area (Å²) in [6.45, 7) is 3.21. The van der Waals surface area contributed by atoms with Crippen LogP contribution in [-0.4, -0.2) is 91.8 Å². The number of carbonyl (C=O) groups is 1. The molecule has 84 valence electrons. The van der Waals surface area contributed by atoms with Crippen LogP contribution < -0.4 is 11.5 Å². The number of carboxylic acids is 1. The van der Waals surface area contributed by atoms with Gasteiger partial charge in [0.1, 0.15) is 0 Å². The van der Waals surface area contributed by atoms with E-state index < -0.39 is 17.2 Å². The number of ether oxygens (including phenoxy) is 1.